The van der Waals surface area contributed by atoms with Gasteiger partial charge in [0.2, 0.25) is 0 Å². The van der Waals surface area contributed by atoms with Crippen LogP contribution in [0.15, 0.2) is 47.6 Å². The van der Waals surface area contributed by atoms with E-state index in [1.54, 1.807) is 11.1 Å². The van der Waals surface area contributed by atoms with Crippen LogP contribution in [0.3, 0.4) is 0 Å². The van der Waals surface area contributed by atoms with Crippen LogP contribution in [0.5, 0.6) is 0 Å². The Bertz CT molecular complexity index is 458. The van der Waals surface area contributed by atoms with Crippen molar-refractivity contribution < 1.29 is 23.2 Å². The molecule has 0 amide bonds. The summed E-state index contributed by atoms with van der Waals surface area (Å²) in [6.45, 7) is 14.0. The quantitative estimate of drug-likeness (QED) is 0.506. The van der Waals surface area contributed by atoms with Crippen LogP contribution in [-0.4, -0.2) is 0 Å². The molecule has 0 radical (unpaired) electrons. The average molecular weight is 362 g/mol. The Balaban J connectivity index is 2.27. The van der Waals surface area contributed by atoms with E-state index in [1.165, 1.54) is 12.8 Å². The molecule has 2 atom stereocenters. The maximum absolute atomic E-state index is 2.62. The third kappa shape index (κ3) is 3.61. The minimum absolute atomic E-state index is 0.423. The summed E-state index contributed by atoms with van der Waals surface area (Å²) in [5.41, 5.74) is 3.11. The SMILES string of the molecule is CC[C]1([Zr][C]2(CC)C=CC(C(C)C)=C2)C=CC(C(C)C)=C1. The van der Waals surface area contributed by atoms with Crippen molar-refractivity contribution in [2.45, 2.75) is 60.6 Å². The van der Waals surface area contributed by atoms with E-state index in [1.807, 2.05) is 0 Å². The fourth-order valence-electron chi connectivity index (χ4n) is 3.20. The van der Waals surface area contributed by atoms with Crippen molar-refractivity contribution in [2.75, 3.05) is 0 Å². The topological polar surface area (TPSA) is 0 Å². The third-order valence-electron chi connectivity index (χ3n) is 4.96. The number of hydrogen-bond donors (Lipinski definition) is 0. The van der Waals surface area contributed by atoms with Crippen LogP contribution in [0, 0.1) is 11.8 Å². The average Bonchev–Trinajstić information content (AvgIpc) is 3.05. The van der Waals surface area contributed by atoms with Gasteiger partial charge in [0, 0.05) is 0 Å². The molecular formula is C20H30Zr. The van der Waals surface area contributed by atoms with Crippen LogP contribution < -0.4 is 0 Å². The first-order chi connectivity index (χ1) is 9.85. The van der Waals surface area contributed by atoms with E-state index in [9.17, 15) is 0 Å². The van der Waals surface area contributed by atoms with Crippen molar-refractivity contribution in [1.29, 1.82) is 0 Å². The molecule has 0 aromatic heterocycles. The second-order valence-electron chi connectivity index (χ2n) is 7.18. The predicted molar refractivity (Wildman–Crippen MR) is 90.1 cm³/mol. The standard InChI is InChI=1S/2C10H15.Zr/c2*1-4-9-5-6-10(7-9)8(2)3;/h2*5-8H,4H2,1-3H3;. The molecule has 0 aromatic carbocycles. The molecule has 0 fully saturated rings. The van der Waals surface area contributed by atoms with Gasteiger partial charge in [0.1, 0.15) is 0 Å². The minimum atomic E-state index is -0.644. The summed E-state index contributed by atoms with van der Waals surface area (Å²) in [4.78, 5) is 0. The molecule has 0 N–H and O–H groups in total. The van der Waals surface area contributed by atoms with Gasteiger partial charge in [0.05, 0.1) is 0 Å². The van der Waals surface area contributed by atoms with Crippen molar-refractivity contribution in [2.24, 2.45) is 11.8 Å². The van der Waals surface area contributed by atoms with Gasteiger partial charge in [-0.15, -0.1) is 0 Å². The van der Waals surface area contributed by atoms with Crippen LogP contribution in [0.4, 0.5) is 0 Å². The van der Waals surface area contributed by atoms with E-state index < -0.39 is 23.2 Å². The molecule has 0 saturated heterocycles. The maximum atomic E-state index is 2.62. The van der Waals surface area contributed by atoms with Crippen molar-refractivity contribution in [3.63, 3.8) is 0 Å². The normalized spacial score (nSPS) is 31.2. The van der Waals surface area contributed by atoms with Gasteiger partial charge in [-0.25, -0.2) is 0 Å². The van der Waals surface area contributed by atoms with Gasteiger partial charge < -0.3 is 0 Å². The van der Waals surface area contributed by atoms with Crippen molar-refractivity contribution in [3.05, 3.63) is 47.6 Å². The molecule has 0 nitrogen and oxygen atoms in total. The second-order valence-corrected chi connectivity index (χ2v) is 12.4. The molecule has 0 bridgehead atoms. The number of hydrogen-bond acceptors (Lipinski definition) is 0. The summed E-state index contributed by atoms with van der Waals surface area (Å²) >= 11 is -0.644. The molecule has 1 heteroatoms. The Morgan fingerprint density at radius 1 is 0.810 bits per heavy atom. The Morgan fingerprint density at radius 3 is 1.43 bits per heavy atom. The monoisotopic (exact) mass is 360 g/mol. The third-order valence-corrected chi connectivity index (χ3v) is 10.5. The van der Waals surface area contributed by atoms with Gasteiger partial charge in [0.15, 0.2) is 0 Å². The Kier molecular flexibility index (Phi) is 5.35. The first-order valence-electron chi connectivity index (χ1n) is 8.48. The van der Waals surface area contributed by atoms with Crippen molar-refractivity contribution >= 4 is 0 Å². The van der Waals surface area contributed by atoms with Gasteiger partial charge in [-0.1, -0.05) is 0 Å². The van der Waals surface area contributed by atoms with E-state index in [0.717, 1.165) is 0 Å². The molecule has 0 heterocycles. The zero-order valence-electron chi connectivity index (χ0n) is 14.5. The molecule has 0 aromatic rings. The van der Waals surface area contributed by atoms with Crippen LogP contribution >= 0.6 is 0 Å². The first kappa shape index (κ1) is 17.2. The molecular weight excluding hydrogens is 331 g/mol. The van der Waals surface area contributed by atoms with Crippen molar-refractivity contribution in [1.82, 2.24) is 0 Å². The fourth-order valence-corrected chi connectivity index (χ4v) is 8.19. The fraction of sp³-hybridized carbons (Fsp3) is 0.600. The molecule has 2 aliphatic rings. The summed E-state index contributed by atoms with van der Waals surface area (Å²) in [5.74, 6) is 1.32. The first-order valence-corrected chi connectivity index (χ1v) is 10.9. The van der Waals surface area contributed by atoms with Gasteiger partial charge in [-0.3, -0.25) is 0 Å². The van der Waals surface area contributed by atoms with Crippen LogP contribution in [-0.2, 0) is 23.2 Å². The van der Waals surface area contributed by atoms with Crippen LogP contribution in [0.1, 0.15) is 54.4 Å². The van der Waals surface area contributed by atoms with Crippen LogP contribution in [0.2, 0.25) is 6.25 Å². The van der Waals surface area contributed by atoms with Gasteiger partial charge in [-0.05, 0) is 0 Å². The van der Waals surface area contributed by atoms with Crippen LogP contribution in [0.25, 0.3) is 0 Å². The van der Waals surface area contributed by atoms with Crippen molar-refractivity contribution in [3.8, 4) is 0 Å². The molecule has 2 unspecified atom stereocenters. The number of rotatable bonds is 6. The Morgan fingerprint density at radius 2 is 1.19 bits per heavy atom. The van der Waals surface area contributed by atoms with E-state index in [-0.39, 0.29) is 0 Å². The molecule has 0 spiro atoms. The Hall–Kier alpha value is -0.157. The van der Waals surface area contributed by atoms with Gasteiger partial charge in [0.25, 0.3) is 0 Å². The molecule has 21 heavy (non-hydrogen) atoms. The van der Waals surface area contributed by atoms with E-state index in [0.29, 0.717) is 18.1 Å². The Labute approximate surface area is 143 Å². The predicted octanol–water partition coefficient (Wildman–Crippen LogP) is 6.51. The molecule has 0 aliphatic heterocycles. The summed E-state index contributed by atoms with van der Waals surface area (Å²) in [6, 6.07) is 0. The van der Waals surface area contributed by atoms with Gasteiger partial charge >= 0.3 is 143 Å². The van der Waals surface area contributed by atoms with E-state index >= 15 is 0 Å². The molecule has 2 aliphatic carbocycles. The molecule has 0 saturated carbocycles. The molecule has 114 valence electrons. The number of allylic oxidation sites excluding steroid dienone is 8. The van der Waals surface area contributed by atoms with E-state index in [4.69, 9.17) is 0 Å². The van der Waals surface area contributed by atoms with E-state index in [2.05, 4.69) is 78.0 Å². The summed E-state index contributed by atoms with van der Waals surface area (Å²) < 4.78 is 0.846. The molecule has 2 rings (SSSR count). The summed E-state index contributed by atoms with van der Waals surface area (Å²) in [6.07, 6.45) is 17.7. The summed E-state index contributed by atoms with van der Waals surface area (Å²) in [7, 11) is 0. The second kappa shape index (κ2) is 6.53. The zero-order valence-corrected chi connectivity index (χ0v) is 17.0. The van der Waals surface area contributed by atoms with Gasteiger partial charge in [-0.2, -0.15) is 0 Å². The zero-order chi connectivity index (χ0) is 15.7. The summed E-state index contributed by atoms with van der Waals surface area (Å²) in [5, 5.41) is 0.